The molecule has 0 heterocycles. The highest BCUT2D eigenvalue weighted by Crippen LogP contribution is 2.50. The van der Waals surface area contributed by atoms with Gasteiger partial charge in [0, 0.05) is 0 Å². The summed E-state index contributed by atoms with van der Waals surface area (Å²) in [5.41, 5.74) is 0.871. The van der Waals surface area contributed by atoms with Gasteiger partial charge in [0.1, 0.15) is 5.82 Å². The molecule has 0 N–H and O–H groups in total. The lowest BCUT2D eigenvalue weighted by atomic mass is 9.77. The van der Waals surface area contributed by atoms with Crippen molar-refractivity contribution in [3.8, 4) is 11.1 Å². The molecule has 0 aromatic heterocycles. The summed E-state index contributed by atoms with van der Waals surface area (Å²) in [6.07, 6.45) is 9.68. The summed E-state index contributed by atoms with van der Waals surface area (Å²) in [6, 6.07) is 10.0. The van der Waals surface area contributed by atoms with Crippen LogP contribution in [0.3, 0.4) is 0 Å². The van der Waals surface area contributed by atoms with Crippen molar-refractivity contribution < 1.29 is 22.0 Å². The van der Waals surface area contributed by atoms with Crippen LogP contribution in [-0.2, 0) is 5.92 Å². The molecule has 1 saturated carbocycles. The molecule has 0 atom stereocenters. The van der Waals surface area contributed by atoms with Crippen molar-refractivity contribution in [2.75, 3.05) is 0 Å². The van der Waals surface area contributed by atoms with Crippen LogP contribution >= 0.6 is 0 Å². The van der Waals surface area contributed by atoms with Crippen LogP contribution in [-0.4, -0.2) is 5.92 Å². The van der Waals surface area contributed by atoms with Gasteiger partial charge < -0.3 is 0 Å². The Morgan fingerprint density at radius 3 is 2.23 bits per heavy atom. The molecule has 2 aromatic rings. The van der Waals surface area contributed by atoms with E-state index in [1.54, 1.807) is 0 Å². The maximum atomic E-state index is 14.5. The fraction of sp³-hybridized carbons (Fsp3) is 0.462. The van der Waals surface area contributed by atoms with E-state index in [2.05, 4.69) is 6.92 Å². The zero-order chi connectivity index (χ0) is 22.2. The molecule has 0 bridgehead atoms. The van der Waals surface area contributed by atoms with Crippen LogP contribution in [0.1, 0.15) is 74.5 Å². The lowest BCUT2D eigenvalue weighted by Gasteiger charge is -2.30. The Bertz CT molecular complexity index is 951. The highest BCUT2D eigenvalue weighted by Gasteiger charge is 2.59. The highest BCUT2D eigenvalue weighted by molar-refractivity contribution is 5.71. The minimum atomic E-state index is -4.57. The summed E-state index contributed by atoms with van der Waals surface area (Å²) < 4.78 is 69.8. The molecule has 0 nitrogen and oxygen atoms in total. The fourth-order valence-corrected chi connectivity index (χ4v) is 4.95. The Hall–Kier alpha value is -2.17. The third-order valence-corrected chi connectivity index (χ3v) is 6.85. The Labute approximate surface area is 180 Å². The van der Waals surface area contributed by atoms with Crippen molar-refractivity contribution in [3.63, 3.8) is 0 Å². The summed E-state index contributed by atoms with van der Waals surface area (Å²) in [7, 11) is 0. The van der Waals surface area contributed by atoms with Gasteiger partial charge in [-0.05, 0) is 78.0 Å². The molecule has 2 aliphatic carbocycles. The largest absolute Gasteiger partial charge is 0.342 e. The number of unbranched alkanes of at least 4 members (excludes halogenated alkanes) is 1. The van der Waals surface area contributed by atoms with Crippen LogP contribution < -0.4 is 0 Å². The Kier molecular flexibility index (Phi) is 5.97. The average Bonchev–Trinajstić information content (AvgIpc) is 2.75. The molecule has 4 rings (SSSR count). The number of fused-ring (bicyclic) bond motifs is 1. The van der Waals surface area contributed by atoms with Gasteiger partial charge in [-0.1, -0.05) is 56.5 Å². The van der Waals surface area contributed by atoms with Gasteiger partial charge in [-0.2, -0.15) is 17.6 Å². The van der Waals surface area contributed by atoms with E-state index in [1.165, 1.54) is 43.7 Å². The molecule has 0 aliphatic heterocycles. The Morgan fingerprint density at radius 2 is 1.58 bits per heavy atom. The smallest absolute Gasteiger partial charge is 0.206 e. The first-order valence-corrected chi connectivity index (χ1v) is 11.1. The minimum absolute atomic E-state index is 0.151. The number of hydrogen-bond acceptors (Lipinski definition) is 0. The lowest BCUT2D eigenvalue weighted by Crippen LogP contribution is -2.39. The first kappa shape index (κ1) is 22.0. The second-order valence-electron chi connectivity index (χ2n) is 8.93. The molecule has 1 fully saturated rings. The van der Waals surface area contributed by atoms with E-state index in [9.17, 15) is 22.0 Å². The maximum absolute atomic E-state index is 14.5. The number of allylic oxidation sites excluding steroid dienone is 1. The van der Waals surface area contributed by atoms with Crippen LogP contribution in [0.2, 0.25) is 0 Å². The lowest BCUT2D eigenvalue weighted by molar-refractivity contribution is -0.189. The summed E-state index contributed by atoms with van der Waals surface area (Å²) >= 11 is 0. The number of halogens is 5. The second kappa shape index (κ2) is 8.40. The van der Waals surface area contributed by atoms with E-state index in [0.29, 0.717) is 17.0 Å². The van der Waals surface area contributed by atoms with Crippen LogP contribution in [0.25, 0.3) is 17.2 Å². The molecule has 0 spiro atoms. The molecule has 0 amide bonds. The first-order chi connectivity index (χ1) is 14.7. The minimum Gasteiger partial charge on any atom is -0.206 e. The van der Waals surface area contributed by atoms with Crippen molar-refractivity contribution in [1.29, 1.82) is 0 Å². The Balaban J connectivity index is 1.53. The van der Waals surface area contributed by atoms with Crippen LogP contribution in [0.5, 0.6) is 0 Å². The normalized spacial score (nSPS) is 24.1. The van der Waals surface area contributed by atoms with Gasteiger partial charge >= 0.3 is 11.8 Å². The van der Waals surface area contributed by atoms with Gasteiger partial charge in [-0.25, -0.2) is 4.39 Å². The molecule has 0 unspecified atom stereocenters. The van der Waals surface area contributed by atoms with E-state index < -0.39 is 23.2 Å². The zero-order valence-electron chi connectivity index (χ0n) is 17.6. The molecular formula is C26H27F5. The quantitative estimate of drug-likeness (QED) is 0.413. The monoisotopic (exact) mass is 434 g/mol. The predicted molar refractivity (Wildman–Crippen MR) is 114 cm³/mol. The maximum Gasteiger partial charge on any atom is 0.342 e. The van der Waals surface area contributed by atoms with E-state index in [-0.39, 0.29) is 11.6 Å². The number of hydrogen-bond donors (Lipinski definition) is 0. The molecule has 2 aromatic carbocycles. The molecule has 31 heavy (non-hydrogen) atoms. The molecule has 0 radical (unpaired) electrons. The zero-order valence-corrected chi connectivity index (χ0v) is 17.6. The number of benzene rings is 2. The second-order valence-corrected chi connectivity index (χ2v) is 8.93. The fourth-order valence-electron chi connectivity index (χ4n) is 4.95. The van der Waals surface area contributed by atoms with Crippen LogP contribution in [0, 0.1) is 11.7 Å². The summed E-state index contributed by atoms with van der Waals surface area (Å²) in [4.78, 5) is 0. The number of rotatable bonds is 5. The Morgan fingerprint density at radius 1 is 0.903 bits per heavy atom. The molecule has 0 saturated heterocycles. The van der Waals surface area contributed by atoms with E-state index >= 15 is 0 Å². The predicted octanol–water partition coefficient (Wildman–Crippen LogP) is 8.71. The summed E-state index contributed by atoms with van der Waals surface area (Å²) in [5.74, 6) is -8.95. The number of alkyl halides is 4. The SMILES string of the molecule is CCCCC1CCC(c2ccc(-c3cc(F)c4c(c3)C=CC(F)(F)C4(F)F)cc2)CC1. The van der Waals surface area contributed by atoms with Crippen molar-refractivity contribution >= 4 is 6.08 Å². The van der Waals surface area contributed by atoms with Gasteiger partial charge in [0.25, 0.3) is 0 Å². The summed E-state index contributed by atoms with van der Waals surface area (Å²) in [5, 5.41) is 0. The van der Waals surface area contributed by atoms with Crippen LogP contribution in [0.15, 0.2) is 42.5 Å². The van der Waals surface area contributed by atoms with Crippen molar-refractivity contribution in [3.05, 3.63) is 65.0 Å². The average molecular weight is 434 g/mol. The molecular weight excluding hydrogens is 407 g/mol. The van der Waals surface area contributed by atoms with Gasteiger partial charge in [0.15, 0.2) is 0 Å². The van der Waals surface area contributed by atoms with Crippen molar-refractivity contribution in [2.24, 2.45) is 5.92 Å². The van der Waals surface area contributed by atoms with Gasteiger partial charge in [0.2, 0.25) is 0 Å². The van der Waals surface area contributed by atoms with E-state index in [0.717, 1.165) is 30.9 Å². The molecule has 2 aliphatic rings. The van der Waals surface area contributed by atoms with E-state index in [4.69, 9.17) is 0 Å². The van der Waals surface area contributed by atoms with Crippen LogP contribution in [0.4, 0.5) is 22.0 Å². The van der Waals surface area contributed by atoms with Gasteiger partial charge in [-0.3, -0.25) is 0 Å². The van der Waals surface area contributed by atoms with Crippen molar-refractivity contribution in [1.82, 2.24) is 0 Å². The third kappa shape index (κ3) is 4.16. The van der Waals surface area contributed by atoms with Gasteiger partial charge in [-0.15, -0.1) is 0 Å². The first-order valence-electron chi connectivity index (χ1n) is 11.1. The molecule has 166 valence electrons. The topological polar surface area (TPSA) is 0 Å². The summed E-state index contributed by atoms with van der Waals surface area (Å²) in [6.45, 7) is 2.22. The van der Waals surface area contributed by atoms with Gasteiger partial charge in [0.05, 0.1) is 5.56 Å². The van der Waals surface area contributed by atoms with Crippen molar-refractivity contribution in [2.45, 2.75) is 69.6 Å². The third-order valence-electron chi connectivity index (χ3n) is 6.85. The highest BCUT2D eigenvalue weighted by atomic mass is 19.3. The van der Waals surface area contributed by atoms with E-state index in [1.807, 2.05) is 24.3 Å². The molecule has 5 heteroatoms. The standard InChI is InChI=1S/C26H27F5/c1-2-3-4-17-5-7-18(8-6-17)19-9-11-20(12-10-19)22-15-21-13-14-25(28,29)26(30,31)24(21)23(27)16-22/h9-18H,2-8H2,1H3.